The van der Waals surface area contributed by atoms with E-state index in [1.165, 1.54) is 11.8 Å². The number of aromatic nitrogens is 4. The van der Waals surface area contributed by atoms with Crippen LogP contribution >= 0.6 is 11.8 Å². The highest BCUT2D eigenvalue weighted by Crippen LogP contribution is 2.31. The number of carbonyl (C=O) groups excluding carboxylic acids is 1. The molecule has 1 saturated heterocycles. The molecule has 1 amide bonds. The zero-order valence-electron chi connectivity index (χ0n) is 15.8. The van der Waals surface area contributed by atoms with Crippen LogP contribution in [0.1, 0.15) is 12.8 Å². The van der Waals surface area contributed by atoms with Crippen LogP contribution in [-0.4, -0.2) is 63.7 Å². The van der Waals surface area contributed by atoms with Crippen LogP contribution in [0.15, 0.2) is 35.4 Å². The van der Waals surface area contributed by atoms with Gasteiger partial charge in [-0.3, -0.25) is 4.79 Å². The first-order valence-corrected chi connectivity index (χ1v) is 10.0. The largest absolute Gasteiger partial charge is 0.493 e. The average Bonchev–Trinajstić information content (AvgIpc) is 3.41. The van der Waals surface area contributed by atoms with Crippen LogP contribution in [0.5, 0.6) is 11.5 Å². The van der Waals surface area contributed by atoms with Gasteiger partial charge in [-0.25, -0.2) is 0 Å². The monoisotopic (exact) mass is 399 g/mol. The van der Waals surface area contributed by atoms with Crippen molar-refractivity contribution in [3.05, 3.63) is 30.3 Å². The van der Waals surface area contributed by atoms with Gasteiger partial charge in [0, 0.05) is 18.7 Å². The third kappa shape index (κ3) is 3.62. The fraction of sp³-hybridized carbons (Fsp3) is 0.368. The highest BCUT2D eigenvalue weighted by atomic mass is 32.2. The van der Waals surface area contributed by atoms with Gasteiger partial charge in [-0.15, -0.1) is 10.2 Å². The fourth-order valence-electron chi connectivity index (χ4n) is 3.20. The van der Waals surface area contributed by atoms with E-state index in [9.17, 15) is 4.79 Å². The molecule has 146 valence electrons. The van der Waals surface area contributed by atoms with Crippen molar-refractivity contribution in [2.45, 2.75) is 17.9 Å². The molecule has 1 aliphatic rings. The van der Waals surface area contributed by atoms with Gasteiger partial charge < -0.3 is 14.4 Å². The molecule has 1 fully saturated rings. The summed E-state index contributed by atoms with van der Waals surface area (Å²) in [5.74, 6) is 2.40. The number of ether oxygens (including phenoxy) is 2. The van der Waals surface area contributed by atoms with Gasteiger partial charge in [-0.2, -0.15) is 9.61 Å². The minimum Gasteiger partial charge on any atom is -0.493 e. The second kappa shape index (κ2) is 8.05. The van der Waals surface area contributed by atoms with E-state index < -0.39 is 0 Å². The van der Waals surface area contributed by atoms with Gasteiger partial charge in [0.25, 0.3) is 0 Å². The Morgan fingerprint density at radius 3 is 2.61 bits per heavy atom. The summed E-state index contributed by atoms with van der Waals surface area (Å²) in [7, 11) is 3.19. The number of fused-ring (bicyclic) bond motifs is 1. The van der Waals surface area contributed by atoms with Gasteiger partial charge in [0.2, 0.25) is 5.91 Å². The molecule has 0 unspecified atom stereocenters. The van der Waals surface area contributed by atoms with Gasteiger partial charge in [0.05, 0.1) is 20.0 Å². The van der Waals surface area contributed by atoms with Crippen LogP contribution in [0.3, 0.4) is 0 Å². The van der Waals surface area contributed by atoms with E-state index in [1.54, 1.807) is 18.7 Å². The molecule has 0 radical (unpaired) electrons. The zero-order valence-corrected chi connectivity index (χ0v) is 16.6. The van der Waals surface area contributed by atoms with Crippen molar-refractivity contribution in [3.63, 3.8) is 0 Å². The molecule has 0 N–H and O–H groups in total. The highest BCUT2D eigenvalue weighted by molar-refractivity contribution is 7.99. The normalized spacial score (nSPS) is 13.9. The first kappa shape index (κ1) is 18.5. The Bertz CT molecular complexity index is 1000. The lowest BCUT2D eigenvalue weighted by molar-refractivity contribution is -0.127. The first-order chi connectivity index (χ1) is 13.7. The van der Waals surface area contributed by atoms with Gasteiger partial charge >= 0.3 is 0 Å². The topological polar surface area (TPSA) is 81.9 Å². The standard InChI is InChI=1S/C19H21N5O3S/c1-26-14-6-5-13(11-15(14)27-2)19-21-20-16-7-8-17(22-24(16)19)28-12-18(25)23-9-3-4-10-23/h5-8,11H,3-4,9-10,12H2,1-2H3. The maximum absolute atomic E-state index is 12.3. The van der Waals surface area contributed by atoms with Crippen molar-refractivity contribution < 1.29 is 14.3 Å². The van der Waals surface area contributed by atoms with E-state index in [1.807, 2.05) is 35.2 Å². The Morgan fingerprint density at radius 1 is 1.07 bits per heavy atom. The van der Waals surface area contributed by atoms with Gasteiger partial charge in [-0.05, 0) is 43.2 Å². The number of methoxy groups -OCH3 is 2. The number of amides is 1. The van der Waals surface area contributed by atoms with E-state index in [-0.39, 0.29) is 5.91 Å². The third-order valence-electron chi connectivity index (χ3n) is 4.68. The van der Waals surface area contributed by atoms with Crippen LogP contribution < -0.4 is 9.47 Å². The van der Waals surface area contributed by atoms with Crippen LogP contribution in [0, 0.1) is 0 Å². The third-order valence-corrected chi connectivity index (χ3v) is 5.59. The number of hydrogen-bond acceptors (Lipinski definition) is 7. The lowest BCUT2D eigenvalue weighted by atomic mass is 10.2. The number of hydrogen-bond donors (Lipinski definition) is 0. The summed E-state index contributed by atoms with van der Waals surface area (Å²) in [6.07, 6.45) is 2.19. The van der Waals surface area contributed by atoms with Crippen molar-refractivity contribution in [3.8, 4) is 22.9 Å². The van der Waals surface area contributed by atoms with E-state index in [0.717, 1.165) is 36.5 Å². The maximum Gasteiger partial charge on any atom is 0.232 e. The van der Waals surface area contributed by atoms with E-state index >= 15 is 0 Å². The molecule has 1 aromatic carbocycles. The van der Waals surface area contributed by atoms with Crippen LogP contribution in [0.25, 0.3) is 17.0 Å². The Balaban J connectivity index is 1.58. The smallest absolute Gasteiger partial charge is 0.232 e. The molecule has 28 heavy (non-hydrogen) atoms. The molecule has 0 saturated carbocycles. The number of likely N-dealkylation sites (tertiary alicyclic amines) is 1. The summed E-state index contributed by atoms with van der Waals surface area (Å²) in [5.41, 5.74) is 1.45. The van der Waals surface area contributed by atoms with Crippen molar-refractivity contribution >= 4 is 23.3 Å². The number of rotatable bonds is 6. The summed E-state index contributed by atoms with van der Waals surface area (Å²) in [6.45, 7) is 1.72. The summed E-state index contributed by atoms with van der Waals surface area (Å²) in [4.78, 5) is 14.2. The van der Waals surface area contributed by atoms with E-state index in [0.29, 0.717) is 28.7 Å². The predicted molar refractivity (Wildman–Crippen MR) is 106 cm³/mol. The average molecular weight is 399 g/mol. The maximum atomic E-state index is 12.3. The molecule has 8 nitrogen and oxygen atoms in total. The number of thioether (sulfide) groups is 1. The molecule has 0 aliphatic carbocycles. The first-order valence-electron chi connectivity index (χ1n) is 9.05. The second-order valence-corrected chi connectivity index (χ2v) is 7.41. The second-order valence-electron chi connectivity index (χ2n) is 6.41. The predicted octanol–water partition coefficient (Wildman–Crippen LogP) is 2.52. The van der Waals surface area contributed by atoms with E-state index in [2.05, 4.69) is 15.3 Å². The van der Waals surface area contributed by atoms with Gasteiger partial charge in [0.15, 0.2) is 23.0 Å². The highest BCUT2D eigenvalue weighted by Gasteiger charge is 2.18. The molecule has 3 heterocycles. The molecule has 1 aliphatic heterocycles. The summed E-state index contributed by atoms with van der Waals surface area (Å²) in [5, 5.41) is 13.8. The molecule has 0 bridgehead atoms. The molecular weight excluding hydrogens is 378 g/mol. The Morgan fingerprint density at radius 2 is 1.86 bits per heavy atom. The lowest BCUT2D eigenvalue weighted by Crippen LogP contribution is -2.29. The van der Waals surface area contributed by atoms with Crippen LogP contribution in [-0.2, 0) is 4.79 Å². The molecule has 2 aromatic heterocycles. The SMILES string of the molecule is COc1ccc(-c2nnc3ccc(SCC(=O)N4CCCC4)nn23)cc1OC. The Hall–Kier alpha value is -2.81. The van der Waals surface area contributed by atoms with Gasteiger partial charge in [0.1, 0.15) is 5.03 Å². The molecule has 0 atom stereocenters. The molecule has 9 heteroatoms. The molecule has 0 spiro atoms. The quantitative estimate of drug-likeness (QED) is 0.589. The Labute approximate surface area is 166 Å². The number of benzene rings is 1. The Kier molecular flexibility index (Phi) is 5.34. The van der Waals surface area contributed by atoms with Crippen molar-refractivity contribution in [1.29, 1.82) is 0 Å². The summed E-state index contributed by atoms with van der Waals surface area (Å²) in [6, 6.07) is 9.27. The zero-order chi connectivity index (χ0) is 19.5. The van der Waals surface area contributed by atoms with E-state index in [4.69, 9.17) is 9.47 Å². The number of carbonyl (C=O) groups is 1. The minimum absolute atomic E-state index is 0.160. The lowest BCUT2D eigenvalue weighted by Gasteiger charge is -2.14. The molecule has 4 rings (SSSR count). The van der Waals surface area contributed by atoms with Crippen LogP contribution in [0.2, 0.25) is 0 Å². The summed E-state index contributed by atoms with van der Waals surface area (Å²) < 4.78 is 12.3. The summed E-state index contributed by atoms with van der Waals surface area (Å²) >= 11 is 1.43. The van der Waals surface area contributed by atoms with Crippen molar-refractivity contribution in [2.75, 3.05) is 33.1 Å². The number of nitrogens with zero attached hydrogens (tertiary/aromatic N) is 5. The fourth-order valence-corrected chi connectivity index (χ4v) is 3.96. The molecule has 3 aromatic rings. The van der Waals surface area contributed by atoms with Crippen molar-refractivity contribution in [1.82, 2.24) is 24.7 Å². The van der Waals surface area contributed by atoms with Crippen LogP contribution in [0.4, 0.5) is 0 Å². The minimum atomic E-state index is 0.160. The van der Waals surface area contributed by atoms with Gasteiger partial charge in [-0.1, -0.05) is 11.8 Å². The van der Waals surface area contributed by atoms with Crippen molar-refractivity contribution in [2.24, 2.45) is 0 Å². The molecular formula is C19H21N5O3S.